The van der Waals surface area contributed by atoms with Crippen LogP contribution in [0, 0.1) is 0 Å². The van der Waals surface area contributed by atoms with E-state index in [-0.39, 0.29) is 11.9 Å². The second-order valence-corrected chi connectivity index (χ2v) is 5.73. The van der Waals surface area contributed by atoms with Crippen LogP contribution in [0.5, 0.6) is 0 Å². The van der Waals surface area contributed by atoms with E-state index < -0.39 is 0 Å². The first-order valence-corrected chi connectivity index (χ1v) is 7.17. The average molecular weight is 326 g/mol. The Bertz CT molecular complexity index is 489. The van der Waals surface area contributed by atoms with Crippen molar-refractivity contribution in [3.63, 3.8) is 0 Å². The molecule has 19 heavy (non-hydrogen) atoms. The molecule has 1 fully saturated rings. The van der Waals surface area contributed by atoms with Gasteiger partial charge in [-0.25, -0.2) is 0 Å². The summed E-state index contributed by atoms with van der Waals surface area (Å²) in [6.07, 6.45) is 0. The van der Waals surface area contributed by atoms with Gasteiger partial charge in [-0.1, -0.05) is 15.9 Å². The van der Waals surface area contributed by atoms with Gasteiger partial charge >= 0.3 is 0 Å². The summed E-state index contributed by atoms with van der Waals surface area (Å²) in [5.74, 6) is 0.0299. The molecule has 2 N–H and O–H groups in total. The van der Waals surface area contributed by atoms with E-state index in [0.29, 0.717) is 13.2 Å². The third kappa shape index (κ3) is 2.91. The highest BCUT2D eigenvalue weighted by atomic mass is 79.9. The van der Waals surface area contributed by atoms with Crippen LogP contribution in [0.15, 0.2) is 22.7 Å². The molecule has 1 atom stereocenters. The smallest absolute Gasteiger partial charge is 0.243 e. The van der Waals surface area contributed by atoms with Crippen molar-refractivity contribution in [1.29, 1.82) is 0 Å². The van der Waals surface area contributed by atoms with Crippen LogP contribution < -0.4 is 15.5 Å². The van der Waals surface area contributed by atoms with Crippen molar-refractivity contribution >= 4 is 33.2 Å². The summed E-state index contributed by atoms with van der Waals surface area (Å²) in [5.41, 5.74) is 1.93. The molecule has 6 heteroatoms. The van der Waals surface area contributed by atoms with Gasteiger partial charge in [0.25, 0.3) is 0 Å². The summed E-state index contributed by atoms with van der Waals surface area (Å²) in [7, 11) is 0. The number of benzene rings is 1. The lowest BCUT2D eigenvalue weighted by molar-refractivity contribution is -0.115. The lowest BCUT2D eigenvalue weighted by Gasteiger charge is -2.35. The Morgan fingerprint density at radius 1 is 1.47 bits per heavy atom. The minimum atomic E-state index is 0.0299. The number of carbonyl (C=O) groups is 1. The van der Waals surface area contributed by atoms with Crippen LogP contribution in [0.4, 0.5) is 11.4 Å². The normalized spacial score (nSPS) is 22.9. The molecule has 1 unspecified atom stereocenters. The maximum Gasteiger partial charge on any atom is 0.243 e. The molecule has 0 bridgehead atoms. The Labute approximate surface area is 120 Å². The number of hydrogen-bond donors (Lipinski definition) is 2. The standard InChI is InChI=1S/C13H16BrN3O2/c14-9-1-2-12-11(5-9)16-13(18)7-17(12)6-10-8-19-4-3-15-10/h1-2,5,10,15H,3-4,6-8H2,(H,16,18). The maximum atomic E-state index is 11.8. The lowest BCUT2D eigenvalue weighted by atomic mass is 10.1. The molecule has 1 saturated heterocycles. The van der Waals surface area contributed by atoms with Crippen molar-refractivity contribution in [2.45, 2.75) is 6.04 Å². The van der Waals surface area contributed by atoms with E-state index >= 15 is 0 Å². The number of nitrogens with zero attached hydrogens (tertiary/aromatic N) is 1. The van der Waals surface area contributed by atoms with Crippen molar-refractivity contribution in [2.75, 3.05) is 43.1 Å². The molecule has 0 radical (unpaired) electrons. The number of halogens is 1. The zero-order valence-corrected chi connectivity index (χ0v) is 12.1. The Morgan fingerprint density at radius 3 is 3.16 bits per heavy atom. The monoisotopic (exact) mass is 325 g/mol. The van der Waals surface area contributed by atoms with Crippen molar-refractivity contribution in [1.82, 2.24) is 5.32 Å². The van der Waals surface area contributed by atoms with Gasteiger partial charge in [0.05, 0.1) is 31.1 Å². The predicted molar refractivity (Wildman–Crippen MR) is 77.6 cm³/mol. The number of fused-ring (bicyclic) bond motifs is 1. The zero-order chi connectivity index (χ0) is 13.2. The Morgan fingerprint density at radius 2 is 2.37 bits per heavy atom. The van der Waals surface area contributed by atoms with Gasteiger partial charge in [-0.15, -0.1) is 0 Å². The van der Waals surface area contributed by atoms with E-state index in [1.165, 1.54) is 0 Å². The van der Waals surface area contributed by atoms with Crippen LogP contribution in [-0.2, 0) is 9.53 Å². The van der Waals surface area contributed by atoms with Gasteiger partial charge < -0.3 is 20.3 Å². The van der Waals surface area contributed by atoms with Crippen LogP contribution in [0.2, 0.25) is 0 Å². The molecule has 2 heterocycles. The summed E-state index contributed by atoms with van der Waals surface area (Å²) in [4.78, 5) is 13.9. The van der Waals surface area contributed by atoms with Crippen molar-refractivity contribution < 1.29 is 9.53 Å². The van der Waals surface area contributed by atoms with Gasteiger partial charge in [0.1, 0.15) is 0 Å². The number of anilines is 2. The molecule has 0 saturated carbocycles. The minimum Gasteiger partial charge on any atom is -0.378 e. The fourth-order valence-electron chi connectivity index (χ4n) is 2.50. The zero-order valence-electron chi connectivity index (χ0n) is 10.5. The van der Waals surface area contributed by atoms with E-state index in [2.05, 4.69) is 31.5 Å². The van der Waals surface area contributed by atoms with Crippen molar-refractivity contribution in [2.24, 2.45) is 0 Å². The molecule has 1 amide bonds. The number of amides is 1. The number of hydrogen-bond acceptors (Lipinski definition) is 4. The first-order chi connectivity index (χ1) is 9.22. The molecular weight excluding hydrogens is 310 g/mol. The molecule has 2 aliphatic rings. The van der Waals surface area contributed by atoms with Gasteiger partial charge in [-0.2, -0.15) is 0 Å². The minimum absolute atomic E-state index is 0.0299. The predicted octanol–water partition coefficient (Wildman–Crippen LogP) is 1.20. The van der Waals surface area contributed by atoms with E-state index in [9.17, 15) is 4.79 Å². The molecule has 1 aromatic rings. The largest absolute Gasteiger partial charge is 0.378 e. The summed E-state index contributed by atoms with van der Waals surface area (Å²) in [6.45, 7) is 3.51. The third-order valence-electron chi connectivity index (χ3n) is 3.35. The highest BCUT2D eigenvalue weighted by Crippen LogP contribution is 2.32. The summed E-state index contributed by atoms with van der Waals surface area (Å²) < 4.78 is 6.43. The summed E-state index contributed by atoms with van der Waals surface area (Å²) >= 11 is 3.43. The van der Waals surface area contributed by atoms with E-state index in [4.69, 9.17) is 4.74 Å². The van der Waals surface area contributed by atoms with Gasteiger partial charge in [0, 0.05) is 23.6 Å². The molecule has 5 nitrogen and oxygen atoms in total. The number of rotatable bonds is 2. The molecular formula is C13H16BrN3O2. The van der Waals surface area contributed by atoms with E-state index in [0.717, 1.165) is 35.5 Å². The van der Waals surface area contributed by atoms with Gasteiger partial charge in [-0.05, 0) is 18.2 Å². The summed E-state index contributed by atoms with van der Waals surface area (Å²) in [6, 6.07) is 6.23. The lowest BCUT2D eigenvalue weighted by Crippen LogP contribution is -2.51. The maximum absolute atomic E-state index is 11.8. The fourth-order valence-corrected chi connectivity index (χ4v) is 2.86. The molecule has 2 aliphatic heterocycles. The van der Waals surface area contributed by atoms with E-state index in [1.807, 2.05) is 18.2 Å². The van der Waals surface area contributed by atoms with Crippen LogP contribution in [0.3, 0.4) is 0 Å². The van der Waals surface area contributed by atoms with Gasteiger partial charge in [0.2, 0.25) is 5.91 Å². The van der Waals surface area contributed by atoms with Crippen LogP contribution in [-0.4, -0.2) is 44.8 Å². The van der Waals surface area contributed by atoms with Crippen LogP contribution in [0.1, 0.15) is 0 Å². The van der Waals surface area contributed by atoms with Crippen molar-refractivity contribution in [3.8, 4) is 0 Å². The average Bonchev–Trinajstić information content (AvgIpc) is 2.39. The topological polar surface area (TPSA) is 53.6 Å². The Balaban J connectivity index is 1.80. The molecule has 1 aromatic carbocycles. The highest BCUT2D eigenvalue weighted by molar-refractivity contribution is 9.10. The summed E-state index contributed by atoms with van der Waals surface area (Å²) in [5, 5.41) is 6.32. The molecule has 0 aliphatic carbocycles. The first-order valence-electron chi connectivity index (χ1n) is 6.38. The number of morpholine rings is 1. The Kier molecular flexibility index (Phi) is 3.72. The quantitative estimate of drug-likeness (QED) is 0.857. The van der Waals surface area contributed by atoms with Crippen LogP contribution >= 0.6 is 15.9 Å². The number of nitrogens with one attached hydrogen (secondary N) is 2. The highest BCUT2D eigenvalue weighted by Gasteiger charge is 2.25. The van der Waals surface area contributed by atoms with Crippen molar-refractivity contribution in [3.05, 3.63) is 22.7 Å². The molecule has 3 rings (SSSR count). The van der Waals surface area contributed by atoms with Gasteiger partial charge in [-0.3, -0.25) is 4.79 Å². The number of ether oxygens (including phenoxy) is 1. The molecule has 0 aromatic heterocycles. The Hall–Kier alpha value is -1.11. The molecule has 0 spiro atoms. The SMILES string of the molecule is O=C1CN(CC2COCCN2)c2ccc(Br)cc2N1. The first kappa shape index (κ1) is 12.9. The third-order valence-corrected chi connectivity index (χ3v) is 3.84. The molecule has 102 valence electrons. The second-order valence-electron chi connectivity index (χ2n) is 4.82. The second kappa shape index (κ2) is 5.48. The van der Waals surface area contributed by atoms with E-state index in [1.54, 1.807) is 0 Å². The van der Waals surface area contributed by atoms with Gasteiger partial charge in [0.15, 0.2) is 0 Å². The number of carbonyl (C=O) groups excluding carboxylic acids is 1. The fraction of sp³-hybridized carbons (Fsp3) is 0.462. The van der Waals surface area contributed by atoms with Crippen LogP contribution in [0.25, 0.3) is 0 Å².